The third-order valence-corrected chi connectivity index (χ3v) is 11.0. The predicted octanol–water partition coefficient (Wildman–Crippen LogP) is 11.8. The standard InChI is InChI=1S/C21H26Br2N2.C13H8Br2.C5H12ClN.ClH/c1-24(2)11-9-21(10-12-25(3)4)19-13-15(22)5-7-17(19)18-8-6-16(23)14-20(18)21;14-10-1-3-12-8(6-10)5-9-7-11(15)2-4-13(9)12;1-7(2)5-3-4-6;/h5-8,13-14H,9-12H2,1-4H3;1-4,6-7H,5H2;3-5H2,1-2H3;1H. The van der Waals surface area contributed by atoms with Gasteiger partial charge in [-0.25, -0.2) is 0 Å². The van der Waals surface area contributed by atoms with Crippen LogP contribution in [0.2, 0.25) is 0 Å². The highest BCUT2D eigenvalue weighted by Crippen LogP contribution is 2.54. The fraction of sp³-hybridized carbons (Fsp3) is 0.385. The van der Waals surface area contributed by atoms with Gasteiger partial charge in [0, 0.05) is 29.2 Å². The minimum absolute atomic E-state index is 0. The molecule has 0 fully saturated rings. The highest BCUT2D eigenvalue weighted by Gasteiger charge is 2.42. The average molecular weight is 948 g/mol. The van der Waals surface area contributed by atoms with Gasteiger partial charge in [0.25, 0.3) is 0 Å². The van der Waals surface area contributed by atoms with Crippen LogP contribution in [-0.4, -0.2) is 82.5 Å². The van der Waals surface area contributed by atoms with E-state index in [9.17, 15) is 0 Å². The molecule has 6 rings (SSSR count). The third-order valence-electron chi connectivity index (χ3n) is 8.80. The minimum Gasteiger partial charge on any atom is -0.309 e. The summed E-state index contributed by atoms with van der Waals surface area (Å²) < 4.78 is 4.65. The van der Waals surface area contributed by atoms with E-state index in [0.717, 1.165) is 69.1 Å². The van der Waals surface area contributed by atoms with Crippen LogP contribution in [0.5, 0.6) is 0 Å². The average Bonchev–Trinajstić information content (AvgIpc) is 3.49. The largest absolute Gasteiger partial charge is 0.309 e. The van der Waals surface area contributed by atoms with E-state index in [2.05, 4.69) is 179 Å². The van der Waals surface area contributed by atoms with Gasteiger partial charge in [-0.15, -0.1) is 24.0 Å². The Morgan fingerprint density at radius 1 is 0.542 bits per heavy atom. The van der Waals surface area contributed by atoms with Gasteiger partial charge in [0.1, 0.15) is 0 Å². The third kappa shape index (κ3) is 10.6. The molecule has 0 amide bonds. The topological polar surface area (TPSA) is 9.72 Å². The molecule has 0 atom stereocenters. The lowest BCUT2D eigenvalue weighted by Gasteiger charge is -2.34. The molecule has 0 radical (unpaired) electrons. The van der Waals surface area contributed by atoms with Crippen molar-refractivity contribution in [2.24, 2.45) is 0 Å². The molecule has 0 spiro atoms. The van der Waals surface area contributed by atoms with Crippen LogP contribution in [0.3, 0.4) is 0 Å². The maximum absolute atomic E-state index is 5.42. The molecule has 0 saturated heterocycles. The van der Waals surface area contributed by atoms with Crippen LogP contribution >= 0.6 is 87.7 Å². The minimum atomic E-state index is 0. The summed E-state index contributed by atoms with van der Waals surface area (Å²) in [6.45, 7) is 3.25. The summed E-state index contributed by atoms with van der Waals surface area (Å²) in [5, 5.41) is 0. The van der Waals surface area contributed by atoms with Gasteiger partial charge in [0.2, 0.25) is 0 Å². The van der Waals surface area contributed by atoms with Gasteiger partial charge in [-0.2, -0.15) is 0 Å². The van der Waals surface area contributed by atoms with Gasteiger partial charge < -0.3 is 14.7 Å². The van der Waals surface area contributed by atoms with Gasteiger partial charge in [0.15, 0.2) is 0 Å². The summed E-state index contributed by atoms with van der Waals surface area (Å²) in [7, 11) is 12.8. The summed E-state index contributed by atoms with van der Waals surface area (Å²) in [5.41, 5.74) is 11.4. The molecule has 260 valence electrons. The van der Waals surface area contributed by atoms with Gasteiger partial charge in [-0.3, -0.25) is 0 Å². The molecule has 2 aliphatic rings. The van der Waals surface area contributed by atoms with Crippen LogP contribution in [0.25, 0.3) is 22.3 Å². The predicted molar refractivity (Wildman–Crippen MR) is 226 cm³/mol. The molecule has 48 heavy (non-hydrogen) atoms. The highest BCUT2D eigenvalue weighted by atomic mass is 79.9. The molecule has 2 aliphatic carbocycles. The zero-order valence-corrected chi connectivity index (χ0v) is 36.6. The van der Waals surface area contributed by atoms with Crippen LogP contribution in [0.4, 0.5) is 0 Å². The second-order valence-corrected chi connectivity index (χ2v) is 17.2. The van der Waals surface area contributed by atoms with Crippen molar-refractivity contribution in [1.82, 2.24) is 14.7 Å². The Kier molecular flexibility index (Phi) is 16.7. The first-order valence-corrected chi connectivity index (χ1v) is 19.7. The first-order chi connectivity index (χ1) is 22.3. The number of hydrogen-bond donors (Lipinski definition) is 0. The van der Waals surface area contributed by atoms with Crippen LogP contribution < -0.4 is 0 Å². The van der Waals surface area contributed by atoms with E-state index in [0.29, 0.717) is 0 Å². The molecule has 4 aromatic carbocycles. The lowest BCUT2D eigenvalue weighted by molar-refractivity contribution is 0.300. The van der Waals surface area contributed by atoms with Crippen LogP contribution in [0.15, 0.2) is 90.7 Å². The number of nitrogens with zero attached hydrogens (tertiary/aromatic N) is 3. The number of fused-ring (bicyclic) bond motifs is 6. The van der Waals surface area contributed by atoms with Gasteiger partial charge in [-0.05, 0) is 181 Å². The first kappa shape index (κ1) is 41.7. The molecule has 0 unspecified atom stereocenters. The van der Waals surface area contributed by atoms with E-state index >= 15 is 0 Å². The quantitative estimate of drug-likeness (QED) is 0.136. The Balaban J connectivity index is 0.000000229. The van der Waals surface area contributed by atoms with Crippen molar-refractivity contribution in [3.8, 4) is 22.3 Å². The Labute approximate surface area is 333 Å². The second-order valence-electron chi connectivity index (χ2n) is 13.2. The van der Waals surface area contributed by atoms with Crippen molar-refractivity contribution in [2.45, 2.75) is 31.1 Å². The lowest BCUT2D eigenvalue weighted by atomic mass is 9.72. The molecule has 0 heterocycles. The fourth-order valence-corrected chi connectivity index (χ4v) is 8.11. The van der Waals surface area contributed by atoms with Crippen molar-refractivity contribution in [1.29, 1.82) is 0 Å². The maximum atomic E-state index is 5.42. The number of hydrogen-bond acceptors (Lipinski definition) is 3. The summed E-state index contributed by atoms with van der Waals surface area (Å²) in [6.07, 6.45) is 4.39. The van der Waals surface area contributed by atoms with E-state index in [4.69, 9.17) is 11.6 Å². The molecular formula is C39H47Br4Cl2N3. The molecular weight excluding hydrogens is 901 g/mol. The SMILES string of the molecule is Brc1ccc2c(c1)Cc1cc(Br)ccc1-2.CN(C)CCC1(CCN(C)C)c2cc(Br)ccc2-c2ccc(Br)cc21.CN(C)CCCCl.Cl. The Morgan fingerprint density at radius 2 is 0.896 bits per heavy atom. The second kappa shape index (κ2) is 19.2. The summed E-state index contributed by atoms with van der Waals surface area (Å²) in [6, 6.07) is 26.6. The van der Waals surface area contributed by atoms with Crippen molar-refractivity contribution in [3.05, 3.63) is 113 Å². The van der Waals surface area contributed by atoms with Crippen molar-refractivity contribution < 1.29 is 0 Å². The monoisotopic (exact) mass is 943 g/mol. The Bertz CT molecular complexity index is 1540. The highest BCUT2D eigenvalue weighted by molar-refractivity contribution is 9.11. The van der Waals surface area contributed by atoms with E-state index in [1.165, 1.54) is 44.5 Å². The van der Waals surface area contributed by atoms with Gasteiger partial charge in [-0.1, -0.05) is 88.0 Å². The van der Waals surface area contributed by atoms with Crippen molar-refractivity contribution >= 4 is 87.7 Å². The molecule has 4 aromatic rings. The zero-order chi connectivity index (χ0) is 34.3. The molecule has 0 N–H and O–H groups in total. The summed E-state index contributed by atoms with van der Waals surface area (Å²) in [5.74, 6) is 0.776. The van der Waals surface area contributed by atoms with E-state index in [1.54, 1.807) is 0 Å². The number of halogens is 6. The fourth-order valence-electron chi connectivity index (χ4n) is 6.46. The number of benzene rings is 4. The van der Waals surface area contributed by atoms with Crippen LogP contribution in [0, 0.1) is 0 Å². The molecule has 0 aromatic heterocycles. The molecule has 3 nitrogen and oxygen atoms in total. The van der Waals surface area contributed by atoms with E-state index in [1.807, 2.05) is 14.1 Å². The van der Waals surface area contributed by atoms with E-state index in [-0.39, 0.29) is 17.8 Å². The molecule has 0 saturated carbocycles. The normalized spacial score (nSPS) is 13.1. The number of alkyl halides is 1. The zero-order valence-electron chi connectivity index (χ0n) is 28.7. The van der Waals surface area contributed by atoms with Crippen LogP contribution in [-0.2, 0) is 11.8 Å². The maximum Gasteiger partial charge on any atom is 0.0240 e. The Hall–Kier alpha value is -0.740. The first-order valence-electron chi connectivity index (χ1n) is 16.0. The van der Waals surface area contributed by atoms with Gasteiger partial charge in [0.05, 0.1) is 0 Å². The van der Waals surface area contributed by atoms with Gasteiger partial charge >= 0.3 is 0 Å². The molecule has 0 bridgehead atoms. The number of rotatable bonds is 9. The lowest BCUT2D eigenvalue weighted by Crippen LogP contribution is -2.33. The Morgan fingerprint density at radius 3 is 1.23 bits per heavy atom. The summed E-state index contributed by atoms with van der Waals surface area (Å²) >= 11 is 19.9. The van der Waals surface area contributed by atoms with Crippen molar-refractivity contribution in [2.75, 3.05) is 67.8 Å². The van der Waals surface area contributed by atoms with Crippen LogP contribution in [0.1, 0.15) is 41.5 Å². The smallest absolute Gasteiger partial charge is 0.0240 e. The summed E-state index contributed by atoms with van der Waals surface area (Å²) in [4.78, 5) is 6.72. The molecule has 0 aliphatic heterocycles. The van der Waals surface area contributed by atoms with Crippen molar-refractivity contribution in [3.63, 3.8) is 0 Å². The molecule has 9 heteroatoms. The van der Waals surface area contributed by atoms with E-state index < -0.39 is 0 Å².